The Morgan fingerprint density at radius 1 is 1.15 bits per heavy atom. The lowest BCUT2D eigenvalue weighted by molar-refractivity contribution is -0.113. The van der Waals surface area contributed by atoms with E-state index in [2.05, 4.69) is 10.3 Å². The Morgan fingerprint density at radius 2 is 2.00 bits per heavy atom. The minimum absolute atomic E-state index is 0.135. The number of para-hydroxylation sites is 1. The van der Waals surface area contributed by atoms with E-state index in [9.17, 15) is 4.79 Å². The van der Waals surface area contributed by atoms with Crippen LogP contribution in [-0.2, 0) is 4.79 Å². The molecule has 0 spiro atoms. The van der Waals surface area contributed by atoms with Crippen LogP contribution in [-0.4, -0.2) is 17.5 Å². The Morgan fingerprint density at radius 3 is 2.85 bits per heavy atom. The average Bonchev–Trinajstić information content (AvgIpc) is 2.70. The van der Waals surface area contributed by atoms with E-state index in [0.717, 1.165) is 11.3 Å². The maximum Gasteiger partial charge on any atom is 0.252 e. The van der Waals surface area contributed by atoms with Crippen molar-refractivity contribution in [3.63, 3.8) is 0 Å². The Hall–Kier alpha value is -2.62. The molecule has 2 aromatic rings. The minimum Gasteiger partial charge on any atom is -0.493 e. The first-order valence-electron chi connectivity index (χ1n) is 6.48. The van der Waals surface area contributed by atoms with Crippen LogP contribution in [0.3, 0.4) is 0 Å². The molecular weight excluding hydrogens is 252 g/mol. The fourth-order valence-electron chi connectivity index (χ4n) is 2.07. The second kappa shape index (κ2) is 5.57. The molecule has 1 aliphatic heterocycles. The molecule has 0 atom stereocenters. The van der Waals surface area contributed by atoms with Crippen molar-refractivity contribution in [1.82, 2.24) is 4.98 Å². The summed E-state index contributed by atoms with van der Waals surface area (Å²) in [4.78, 5) is 16.3. The molecule has 0 saturated carbocycles. The summed E-state index contributed by atoms with van der Waals surface area (Å²) in [7, 11) is 0. The molecule has 4 heteroatoms. The zero-order chi connectivity index (χ0) is 13.8. The van der Waals surface area contributed by atoms with Gasteiger partial charge < -0.3 is 10.1 Å². The zero-order valence-corrected chi connectivity index (χ0v) is 10.9. The van der Waals surface area contributed by atoms with E-state index >= 15 is 0 Å². The molecule has 0 aliphatic carbocycles. The van der Waals surface area contributed by atoms with Gasteiger partial charge in [0.05, 0.1) is 6.61 Å². The number of carbonyl (C=O) groups is 1. The molecule has 100 valence electrons. The van der Waals surface area contributed by atoms with Crippen LogP contribution in [0.4, 0.5) is 5.82 Å². The summed E-state index contributed by atoms with van der Waals surface area (Å²) in [5.74, 6) is 1.23. The van der Waals surface area contributed by atoms with Crippen molar-refractivity contribution in [2.24, 2.45) is 0 Å². The number of pyridine rings is 1. The lowest BCUT2D eigenvalue weighted by Gasteiger charge is -2.06. The summed E-state index contributed by atoms with van der Waals surface area (Å²) in [5, 5.41) is 2.80. The van der Waals surface area contributed by atoms with Crippen LogP contribution in [0.15, 0.2) is 54.2 Å². The topological polar surface area (TPSA) is 51.2 Å². The number of ether oxygens (including phenoxy) is 1. The number of hydrogen-bond acceptors (Lipinski definition) is 3. The lowest BCUT2D eigenvalue weighted by atomic mass is 10.1. The van der Waals surface area contributed by atoms with Crippen LogP contribution in [0.25, 0.3) is 6.08 Å². The number of hydrogen-bond donors (Lipinski definition) is 1. The molecule has 1 aromatic heterocycles. The smallest absolute Gasteiger partial charge is 0.252 e. The number of nitrogens with one attached hydrogen (secondary N) is 1. The summed E-state index contributed by atoms with van der Waals surface area (Å²) >= 11 is 0. The number of anilines is 1. The predicted molar refractivity (Wildman–Crippen MR) is 77.4 cm³/mol. The Kier molecular flexibility index (Phi) is 3.46. The SMILES string of the molecule is O=C(Nc1ccccn1)C1=Cc2ccccc2OCC1. The molecule has 1 amide bonds. The highest BCUT2D eigenvalue weighted by Crippen LogP contribution is 2.25. The van der Waals surface area contributed by atoms with Gasteiger partial charge in [0.2, 0.25) is 0 Å². The molecule has 0 bridgehead atoms. The summed E-state index contributed by atoms with van der Waals surface area (Å²) in [6, 6.07) is 13.1. The first kappa shape index (κ1) is 12.4. The number of carbonyl (C=O) groups excluding carboxylic acids is 1. The van der Waals surface area contributed by atoms with Crippen molar-refractivity contribution < 1.29 is 9.53 Å². The average molecular weight is 266 g/mol. The van der Waals surface area contributed by atoms with Crippen LogP contribution in [0, 0.1) is 0 Å². The van der Waals surface area contributed by atoms with E-state index < -0.39 is 0 Å². The van der Waals surface area contributed by atoms with Crippen molar-refractivity contribution in [3.05, 3.63) is 59.8 Å². The predicted octanol–water partition coefficient (Wildman–Crippen LogP) is 2.89. The Bertz CT molecular complexity index is 651. The van der Waals surface area contributed by atoms with Crippen LogP contribution < -0.4 is 10.1 Å². The third-order valence-electron chi connectivity index (χ3n) is 3.08. The molecule has 0 unspecified atom stereocenters. The molecule has 20 heavy (non-hydrogen) atoms. The van der Waals surface area contributed by atoms with Gasteiger partial charge in [0.25, 0.3) is 5.91 Å². The number of aromatic nitrogens is 1. The first-order chi connectivity index (χ1) is 9.83. The molecule has 0 fully saturated rings. The number of benzene rings is 1. The molecule has 0 radical (unpaired) electrons. The van der Waals surface area contributed by atoms with Crippen molar-refractivity contribution in [3.8, 4) is 5.75 Å². The molecule has 1 aliphatic rings. The summed E-state index contributed by atoms with van der Waals surface area (Å²) < 4.78 is 5.63. The number of rotatable bonds is 2. The van der Waals surface area contributed by atoms with E-state index in [4.69, 9.17) is 4.74 Å². The fraction of sp³-hybridized carbons (Fsp3) is 0.125. The van der Waals surface area contributed by atoms with Gasteiger partial charge in [-0.1, -0.05) is 24.3 Å². The summed E-state index contributed by atoms with van der Waals surface area (Å²) in [5.41, 5.74) is 1.62. The van der Waals surface area contributed by atoms with E-state index in [1.165, 1.54) is 0 Å². The van der Waals surface area contributed by atoms with Crippen molar-refractivity contribution >= 4 is 17.8 Å². The Labute approximate surface area is 117 Å². The van der Waals surface area contributed by atoms with Gasteiger partial charge in [-0.25, -0.2) is 4.98 Å². The van der Waals surface area contributed by atoms with Crippen molar-refractivity contribution in [2.75, 3.05) is 11.9 Å². The number of fused-ring (bicyclic) bond motifs is 1. The van der Waals surface area contributed by atoms with E-state index in [-0.39, 0.29) is 5.91 Å². The van der Waals surface area contributed by atoms with Crippen molar-refractivity contribution in [2.45, 2.75) is 6.42 Å². The third-order valence-corrected chi connectivity index (χ3v) is 3.08. The van der Waals surface area contributed by atoms with Gasteiger partial charge in [0.1, 0.15) is 11.6 Å². The quantitative estimate of drug-likeness (QED) is 0.909. The maximum atomic E-state index is 12.3. The second-order valence-electron chi connectivity index (χ2n) is 4.47. The lowest BCUT2D eigenvalue weighted by Crippen LogP contribution is -2.16. The molecule has 4 nitrogen and oxygen atoms in total. The highest BCUT2D eigenvalue weighted by atomic mass is 16.5. The molecular formula is C16H14N2O2. The van der Waals surface area contributed by atoms with Gasteiger partial charge in [0.15, 0.2) is 0 Å². The van der Waals surface area contributed by atoms with Gasteiger partial charge in [-0.15, -0.1) is 0 Å². The minimum atomic E-state index is -0.135. The third kappa shape index (κ3) is 2.69. The monoisotopic (exact) mass is 266 g/mol. The molecule has 1 N–H and O–H groups in total. The van der Waals surface area contributed by atoms with Crippen LogP contribution >= 0.6 is 0 Å². The second-order valence-corrected chi connectivity index (χ2v) is 4.47. The van der Waals surface area contributed by atoms with Crippen LogP contribution in [0.5, 0.6) is 5.75 Å². The zero-order valence-electron chi connectivity index (χ0n) is 10.9. The maximum absolute atomic E-state index is 12.3. The van der Waals surface area contributed by atoms with Crippen LogP contribution in [0.1, 0.15) is 12.0 Å². The molecule has 3 rings (SSSR count). The van der Waals surface area contributed by atoms with Gasteiger partial charge >= 0.3 is 0 Å². The highest BCUT2D eigenvalue weighted by Gasteiger charge is 2.15. The highest BCUT2D eigenvalue weighted by molar-refractivity contribution is 6.06. The molecule has 0 saturated heterocycles. The van der Waals surface area contributed by atoms with E-state index in [1.54, 1.807) is 12.3 Å². The summed E-state index contributed by atoms with van der Waals surface area (Å²) in [6.45, 7) is 0.498. The largest absolute Gasteiger partial charge is 0.493 e. The van der Waals surface area contributed by atoms with Gasteiger partial charge in [-0.2, -0.15) is 0 Å². The van der Waals surface area contributed by atoms with Crippen LogP contribution in [0.2, 0.25) is 0 Å². The first-order valence-corrected chi connectivity index (χ1v) is 6.48. The van der Waals surface area contributed by atoms with Crippen molar-refractivity contribution in [1.29, 1.82) is 0 Å². The van der Waals surface area contributed by atoms with Gasteiger partial charge in [0, 0.05) is 23.8 Å². The van der Waals surface area contributed by atoms with Gasteiger partial charge in [-0.05, 0) is 24.3 Å². The fourth-order valence-corrected chi connectivity index (χ4v) is 2.07. The van der Waals surface area contributed by atoms with E-state index in [0.29, 0.717) is 24.4 Å². The Balaban J connectivity index is 1.83. The van der Waals surface area contributed by atoms with E-state index in [1.807, 2.05) is 42.5 Å². The normalized spacial score (nSPS) is 13.5. The van der Waals surface area contributed by atoms with Gasteiger partial charge in [-0.3, -0.25) is 4.79 Å². The summed E-state index contributed by atoms with van der Waals surface area (Å²) in [6.07, 6.45) is 4.10. The standard InChI is InChI=1S/C16H14N2O2/c19-16(18-15-7-3-4-9-17-15)13-8-10-20-14-6-2-1-5-12(14)11-13/h1-7,9,11H,8,10H2,(H,17,18,19). The number of nitrogens with zero attached hydrogens (tertiary/aromatic N) is 1. The molecule has 2 heterocycles. The number of amides is 1. The molecule has 1 aromatic carbocycles.